The molecule has 1 saturated carbocycles. The van der Waals surface area contributed by atoms with Crippen LogP contribution in [-0.4, -0.2) is 65.1 Å². The van der Waals surface area contributed by atoms with Gasteiger partial charge in [-0.05, 0) is 31.2 Å². The minimum Gasteiger partial charge on any atom is -0.381 e. The van der Waals surface area contributed by atoms with Crippen molar-refractivity contribution in [3.8, 4) is 0 Å². The zero-order valence-electron chi connectivity index (χ0n) is 13.8. The number of H-pyrrole nitrogens is 1. The van der Waals surface area contributed by atoms with Crippen molar-refractivity contribution in [3.63, 3.8) is 0 Å². The molecule has 23 heavy (non-hydrogen) atoms. The van der Waals surface area contributed by atoms with E-state index in [1.165, 1.54) is 0 Å². The first kappa shape index (κ1) is 15.1. The molecule has 3 aliphatic rings. The average molecular weight is 318 g/mol. The lowest BCUT2D eigenvalue weighted by Crippen LogP contribution is -2.51. The minimum atomic E-state index is 0.192. The zero-order chi connectivity index (χ0) is 15.9. The molecule has 2 aliphatic heterocycles. The van der Waals surface area contributed by atoms with E-state index in [1.54, 1.807) is 6.20 Å². The molecule has 1 aliphatic carbocycles. The minimum absolute atomic E-state index is 0.192. The molecule has 0 aromatic carbocycles. The highest BCUT2D eigenvalue weighted by molar-refractivity contribution is 5.83. The maximum atomic E-state index is 13.0. The van der Waals surface area contributed by atoms with Gasteiger partial charge in [-0.25, -0.2) is 4.98 Å². The standard InChI is InChI=1S/C17H26N4O2/c1-2-20-7-8-21(12-14(20)15-18-5-6-19-15)16(22)13-11-17(13)3-9-23-10-4-17/h5-6,13-14H,2-4,7-12H2,1H3,(H,18,19)/t13-,14-/m1/s1. The number of likely N-dealkylation sites (N-methyl/N-ethyl adjacent to an activating group) is 1. The second-order valence-corrected chi connectivity index (χ2v) is 7.13. The van der Waals surface area contributed by atoms with Gasteiger partial charge in [0.15, 0.2) is 0 Å². The molecule has 3 heterocycles. The molecule has 1 N–H and O–H groups in total. The number of piperazine rings is 1. The van der Waals surface area contributed by atoms with Crippen molar-refractivity contribution < 1.29 is 9.53 Å². The summed E-state index contributed by atoms with van der Waals surface area (Å²) in [6.07, 6.45) is 6.83. The van der Waals surface area contributed by atoms with E-state index >= 15 is 0 Å². The fourth-order valence-corrected chi connectivity index (χ4v) is 4.37. The molecule has 4 rings (SSSR count). The molecule has 1 aromatic heterocycles. The highest BCUT2D eigenvalue weighted by Crippen LogP contribution is 2.59. The van der Waals surface area contributed by atoms with Gasteiger partial charge in [-0.3, -0.25) is 9.69 Å². The van der Waals surface area contributed by atoms with Crippen molar-refractivity contribution in [1.29, 1.82) is 0 Å². The highest BCUT2D eigenvalue weighted by atomic mass is 16.5. The van der Waals surface area contributed by atoms with E-state index in [4.69, 9.17) is 4.74 Å². The van der Waals surface area contributed by atoms with E-state index in [0.29, 0.717) is 5.91 Å². The Morgan fingerprint density at radius 1 is 1.43 bits per heavy atom. The van der Waals surface area contributed by atoms with Gasteiger partial charge >= 0.3 is 0 Å². The fraction of sp³-hybridized carbons (Fsp3) is 0.765. The molecular formula is C17H26N4O2. The van der Waals surface area contributed by atoms with Crippen molar-refractivity contribution in [3.05, 3.63) is 18.2 Å². The second kappa shape index (κ2) is 5.91. The van der Waals surface area contributed by atoms with Crippen LogP contribution in [0.1, 0.15) is 38.1 Å². The van der Waals surface area contributed by atoms with Crippen molar-refractivity contribution in [1.82, 2.24) is 19.8 Å². The Hall–Kier alpha value is -1.40. The largest absolute Gasteiger partial charge is 0.381 e. The average Bonchev–Trinajstić information content (AvgIpc) is 3.02. The first-order valence-corrected chi connectivity index (χ1v) is 8.83. The van der Waals surface area contributed by atoms with Crippen molar-refractivity contribution in [2.24, 2.45) is 11.3 Å². The molecule has 0 bridgehead atoms. The van der Waals surface area contributed by atoms with Gasteiger partial charge in [0.2, 0.25) is 5.91 Å². The first-order valence-electron chi connectivity index (χ1n) is 8.83. The Bertz CT molecular complexity index is 553. The van der Waals surface area contributed by atoms with E-state index in [2.05, 4.69) is 26.7 Å². The number of amides is 1. The molecule has 1 aromatic rings. The van der Waals surface area contributed by atoms with Crippen LogP contribution in [0.4, 0.5) is 0 Å². The summed E-state index contributed by atoms with van der Waals surface area (Å²) in [4.78, 5) is 25.1. The molecule has 6 heteroatoms. The zero-order valence-corrected chi connectivity index (χ0v) is 13.8. The van der Waals surface area contributed by atoms with Crippen LogP contribution in [0, 0.1) is 11.3 Å². The summed E-state index contributed by atoms with van der Waals surface area (Å²) in [5.74, 6) is 1.57. The third kappa shape index (κ3) is 2.68. The number of rotatable bonds is 3. The molecule has 6 nitrogen and oxygen atoms in total. The summed E-state index contributed by atoms with van der Waals surface area (Å²) in [6, 6.07) is 0.192. The molecule has 126 valence electrons. The van der Waals surface area contributed by atoms with E-state index in [-0.39, 0.29) is 17.4 Å². The van der Waals surface area contributed by atoms with Crippen LogP contribution in [-0.2, 0) is 9.53 Å². The van der Waals surface area contributed by atoms with Crippen LogP contribution >= 0.6 is 0 Å². The predicted molar refractivity (Wildman–Crippen MR) is 85.7 cm³/mol. The Balaban J connectivity index is 1.44. The second-order valence-electron chi connectivity index (χ2n) is 7.13. The van der Waals surface area contributed by atoms with E-state index < -0.39 is 0 Å². The molecule has 1 spiro atoms. The number of aromatic amines is 1. The molecule has 2 saturated heterocycles. The molecule has 3 fully saturated rings. The summed E-state index contributed by atoms with van der Waals surface area (Å²) in [7, 11) is 0. The van der Waals surface area contributed by atoms with Crippen LogP contribution in [0.2, 0.25) is 0 Å². The number of nitrogens with zero attached hydrogens (tertiary/aromatic N) is 3. The van der Waals surface area contributed by atoms with Crippen molar-refractivity contribution in [2.75, 3.05) is 39.4 Å². The SMILES string of the molecule is CCN1CCN(C(=O)[C@H]2CC23CCOCC3)C[C@@H]1c1ncc[nH]1. The summed E-state index contributed by atoms with van der Waals surface area (Å²) in [6.45, 7) is 7.32. The van der Waals surface area contributed by atoms with Gasteiger partial charge in [-0.2, -0.15) is 0 Å². The van der Waals surface area contributed by atoms with Crippen molar-refractivity contribution in [2.45, 2.75) is 32.2 Å². The Morgan fingerprint density at radius 3 is 2.96 bits per heavy atom. The van der Waals surface area contributed by atoms with Crippen LogP contribution in [0.25, 0.3) is 0 Å². The number of imidazole rings is 1. The van der Waals surface area contributed by atoms with Gasteiger partial charge < -0.3 is 14.6 Å². The van der Waals surface area contributed by atoms with Crippen LogP contribution in [0.3, 0.4) is 0 Å². The first-order chi connectivity index (χ1) is 11.2. The lowest BCUT2D eigenvalue weighted by molar-refractivity contribution is -0.137. The fourth-order valence-electron chi connectivity index (χ4n) is 4.37. The van der Waals surface area contributed by atoms with Crippen molar-refractivity contribution >= 4 is 5.91 Å². The highest BCUT2D eigenvalue weighted by Gasteiger charge is 2.59. The van der Waals surface area contributed by atoms with Gasteiger partial charge in [-0.1, -0.05) is 6.92 Å². The smallest absolute Gasteiger partial charge is 0.226 e. The number of hydrogen-bond acceptors (Lipinski definition) is 4. The topological polar surface area (TPSA) is 61.5 Å². The van der Waals surface area contributed by atoms with Gasteiger partial charge in [0.25, 0.3) is 0 Å². The summed E-state index contributed by atoms with van der Waals surface area (Å²) >= 11 is 0. The van der Waals surface area contributed by atoms with Crippen LogP contribution < -0.4 is 0 Å². The third-order valence-electron chi connectivity index (χ3n) is 6.02. The molecule has 0 radical (unpaired) electrons. The number of carbonyl (C=O) groups excluding carboxylic acids is 1. The molecule has 0 unspecified atom stereocenters. The summed E-state index contributed by atoms with van der Waals surface area (Å²) in [5.41, 5.74) is 0.261. The third-order valence-corrected chi connectivity index (χ3v) is 6.02. The normalized spacial score (nSPS) is 30.6. The van der Waals surface area contributed by atoms with Gasteiger partial charge in [0.05, 0.1) is 6.04 Å². The molecule has 2 atom stereocenters. The number of carbonyl (C=O) groups is 1. The van der Waals surface area contributed by atoms with E-state index in [0.717, 1.165) is 64.5 Å². The van der Waals surface area contributed by atoms with E-state index in [1.807, 2.05) is 6.20 Å². The van der Waals surface area contributed by atoms with Crippen LogP contribution in [0.15, 0.2) is 12.4 Å². The maximum absolute atomic E-state index is 13.0. The number of aromatic nitrogens is 2. The Labute approximate surface area is 137 Å². The maximum Gasteiger partial charge on any atom is 0.226 e. The quantitative estimate of drug-likeness (QED) is 0.916. The lowest BCUT2D eigenvalue weighted by atomic mass is 9.93. The van der Waals surface area contributed by atoms with Gasteiger partial charge in [-0.15, -0.1) is 0 Å². The van der Waals surface area contributed by atoms with Crippen LogP contribution in [0.5, 0.6) is 0 Å². The van der Waals surface area contributed by atoms with Gasteiger partial charge in [0, 0.05) is 51.2 Å². The van der Waals surface area contributed by atoms with E-state index in [9.17, 15) is 4.79 Å². The summed E-state index contributed by atoms with van der Waals surface area (Å²) in [5, 5.41) is 0. The Kier molecular flexibility index (Phi) is 3.89. The van der Waals surface area contributed by atoms with Gasteiger partial charge in [0.1, 0.15) is 5.82 Å². The number of hydrogen-bond donors (Lipinski definition) is 1. The predicted octanol–water partition coefficient (Wildman–Crippen LogP) is 1.43. The molecular weight excluding hydrogens is 292 g/mol. The Morgan fingerprint density at radius 2 is 2.26 bits per heavy atom. The lowest BCUT2D eigenvalue weighted by Gasteiger charge is -2.40. The summed E-state index contributed by atoms with van der Waals surface area (Å²) < 4.78 is 5.47. The monoisotopic (exact) mass is 318 g/mol. The number of nitrogens with one attached hydrogen (secondary N) is 1. The molecule has 1 amide bonds. The number of ether oxygens (including phenoxy) is 1.